The monoisotopic (exact) mass is 177 g/mol. The van der Waals surface area contributed by atoms with E-state index in [1.165, 1.54) is 11.6 Å². The first-order valence-corrected chi connectivity index (χ1v) is 4.42. The van der Waals surface area contributed by atoms with Gasteiger partial charge in [-0.1, -0.05) is 12.1 Å². The largest absolute Gasteiger partial charge is 0.309 e. The summed E-state index contributed by atoms with van der Waals surface area (Å²) in [6, 6.07) is 4.89. The highest BCUT2D eigenvalue weighted by Crippen LogP contribution is 2.15. The highest BCUT2D eigenvalue weighted by molar-refractivity contribution is 5.58. The van der Waals surface area contributed by atoms with Crippen molar-refractivity contribution in [2.45, 2.75) is 6.92 Å². The number of hydrogen-bond acceptors (Lipinski definition) is 1. The van der Waals surface area contributed by atoms with Gasteiger partial charge < -0.3 is 5.32 Å². The van der Waals surface area contributed by atoms with Crippen LogP contribution < -0.4 is 5.32 Å². The van der Waals surface area contributed by atoms with Crippen LogP contribution in [0.1, 0.15) is 11.1 Å². The molecule has 0 bridgehead atoms. The van der Waals surface area contributed by atoms with Gasteiger partial charge in [-0.3, -0.25) is 0 Å². The van der Waals surface area contributed by atoms with Crippen molar-refractivity contribution >= 4 is 6.08 Å². The van der Waals surface area contributed by atoms with Crippen molar-refractivity contribution in [3.8, 4) is 0 Å². The molecule has 2 heteroatoms. The molecule has 1 N–H and O–H groups in total. The zero-order valence-corrected chi connectivity index (χ0v) is 7.60. The maximum absolute atomic E-state index is 12.9. The second-order valence-electron chi connectivity index (χ2n) is 3.41. The second kappa shape index (κ2) is 3.30. The lowest BCUT2D eigenvalue weighted by Gasteiger charge is -2.18. The summed E-state index contributed by atoms with van der Waals surface area (Å²) in [5.41, 5.74) is 3.46. The van der Waals surface area contributed by atoms with Gasteiger partial charge in [0.05, 0.1) is 0 Å². The lowest BCUT2D eigenvalue weighted by molar-refractivity contribution is 0.626. The average Bonchev–Trinajstić information content (AvgIpc) is 2.03. The van der Waals surface area contributed by atoms with Crippen LogP contribution in [0.4, 0.5) is 4.39 Å². The van der Waals surface area contributed by atoms with Crippen molar-refractivity contribution in [3.63, 3.8) is 0 Å². The number of rotatable bonds is 1. The third-order valence-electron chi connectivity index (χ3n) is 2.31. The molecule has 0 unspecified atom stereocenters. The number of halogens is 1. The quantitative estimate of drug-likeness (QED) is 0.692. The summed E-state index contributed by atoms with van der Waals surface area (Å²) in [4.78, 5) is 0. The molecule has 1 aliphatic rings. The van der Waals surface area contributed by atoms with E-state index in [4.69, 9.17) is 0 Å². The van der Waals surface area contributed by atoms with E-state index in [1.807, 2.05) is 13.0 Å². The van der Waals surface area contributed by atoms with Gasteiger partial charge >= 0.3 is 0 Å². The zero-order valence-electron chi connectivity index (χ0n) is 7.60. The maximum Gasteiger partial charge on any atom is 0.123 e. The first-order chi connectivity index (χ1) is 6.25. The summed E-state index contributed by atoms with van der Waals surface area (Å²) in [7, 11) is 0. The third kappa shape index (κ3) is 1.78. The first kappa shape index (κ1) is 8.45. The molecule has 0 atom stereocenters. The Labute approximate surface area is 77.3 Å². The summed E-state index contributed by atoms with van der Waals surface area (Å²) in [6.45, 7) is 3.88. The molecule has 1 aromatic rings. The summed E-state index contributed by atoms with van der Waals surface area (Å²) >= 11 is 0. The Morgan fingerprint density at radius 2 is 2.15 bits per heavy atom. The van der Waals surface area contributed by atoms with Crippen LogP contribution in [0.3, 0.4) is 0 Å². The van der Waals surface area contributed by atoms with E-state index in [0.29, 0.717) is 0 Å². The molecule has 1 fully saturated rings. The minimum Gasteiger partial charge on any atom is -0.309 e. The topological polar surface area (TPSA) is 12.0 Å². The van der Waals surface area contributed by atoms with Gasteiger partial charge in [0.25, 0.3) is 0 Å². The average molecular weight is 177 g/mol. The van der Waals surface area contributed by atoms with Gasteiger partial charge in [-0.15, -0.1) is 0 Å². The van der Waals surface area contributed by atoms with Gasteiger partial charge in [-0.2, -0.15) is 0 Å². The van der Waals surface area contributed by atoms with Gasteiger partial charge in [-0.25, -0.2) is 4.39 Å². The van der Waals surface area contributed by atoms with Crippen molar-refractivity contribution < 1.29 is 4.39 Å². The van der Waals surface area contributed by atoms with Crippen molar-refractivity contribution in [3.05, 3.63) is 40.7 Å². The molecule has 0 aliphatic carbocycles. The fourth-order valence-corrected chi connectivity index (χ4v) is 1.36. The molecule has 1 aliphatic heterocycles. The minimum atomic E-state index is -0.162. The Balaban J connectivity index is 2.33. The lowest BCUT2D eigenvalue weighted by Crippen LogP contribution is -2.33. The van der Waals surface area contributed by atoms with Crippen LogP contribution in [-0.2, 0) is 0 Å². The van der Waals surface area contributed by atoms with Crippen LogP contribution in [0.2, 0.25) is 0 Å². The second-order valence-corrected chi connectivity index (χ2v) is 3.41. The van der Waals surface area contributed by atoms with Crippen LogP contribution in [0.5, 0.6) is 0 Å². The molecule has 0 amide bonds. The van der Waals surface area contributed by atoms with Crippen molar-refractivity contribution in [2.24, 2.45) is 0 Å². The molecular weight excluding hydrogens is 165 g/mol. The number of benzene rings is 1. The van der Waals surface area contributed by atoms with Gasteiger partial charge in [0.15, 0.2) is 0 Å². The maximum atomic E-state index is 12.9. The van der Waals surface area contributed by atoms with Gasteiger partial charge in [-0.05, 0) is 35.8 Å². The van der Waals surface area contributed by atoms with Crippen LogP contribution in [0.25, 0.3) is 6.08 Å². The minimum absolute atomic E-state index is 0.162. The predicted octanol–water partition coefficient (Wildman–Crippen LogP) is 2.12. The summed E-state index contributed by atoms with van der Waals surface area (Å²) in [5, 5.41) is 3.15. The number of nitrogens with one attached hydrogen (secondary N) is 1. The molecule has 0 spiro atoms. The molecule has 1 nitrogen and oxygen atoms in total. The standard InChI is InChI=1S/C11H12FN/c1-8-2-3-11(12)5-10(8)4-9-6-13-7-9/h2-5,13H,6-7H2,1H3. The predicted molar refractivity (Wildman–Crippen MR) is 52.0 cm³/mol. The molecule has 1 aromatic carbocycles. The lowest BCUT2D eigenvalue weighted by atomic mass is 10.0. The van der Waals surface area contributed by atoms with E-state index in [1.54, 1.807) is 6.07 Å². The van der Waals surface area contributed by atoms with Gasteiger partial charge in [0.1, 0.15) is 5.82 Å². The molecule has 0 aromatic heterocycles. The van der Waals surface area contributed by atoms with Crippen LogP contribution in [-0.4, -0.2) is 13.1 Å². The Kier molecular flexibility index (Phi) is 2.15. The van der Waals surface area contributed by atoms with Gasteiger partial charge in [0, 0.05) is 13.1 Å². The molecule has 0 saturated carbocycles. The molecule has 0 radical (unpaired) electrons. The molecule has 2 rings (SSSR count). The molecule has 68 valence electrons. The molecule has 1 heterocycles. The third-order valence-corrected chi connectivity index (χ3v) is 2.31. The number of hydrogen-bond donors (Lipinski definition) is 1. The smallest absolute Gasteiger partial charge is 0.123 e. The number of aryl methyl sites for hydroxylation is 1. The Morgan fingerprint density at radius 1 is 1.38 bits per heavy atom. The Morgan fingerprint density at radius 3 is 2.77 bits per heavy atom. The van der Waals surface area contributed by atoms with E-state index in [-0.39, 0.29) is 5.82 Å². The van der Waals surface area contributed by atoms with Crippen LogP contribution in [0.15, 0.2) is 23.8 Å². The normalized spacial score (nSPS) is 15.4. The van der Waals surface area contributed by atoms with Gasteiger partial charge in [0.2, 0.25) is 0 Å². The van der Waals surface area contributed by atoms with E-state index in [0.717, 1.165) is 24.2 Å². The summed E-state index contributed by atoms with van der Waals surface area (Å²) < 4.78 is 12.9. The SMILES string of the molecule is Cc1ccc(F)cc1C=C1CNC1. The molecule has 13 heavy (non-hydrogen) atoms. The first-order valence-electron chi connectivity index (χ1n) is 4.42. The van der Waals surface area contributed by atoms with Crippen LogP contribution in [0, 0.1) is 12.7 Å². The molecular formula is C11H12FN. The molecule has 1 saturated heterocycles. The van der Waals surface area contributed by atoms with E-state index >= 15 is 0 Å². The Hall–Kier alpha value is -1.15. The van der Waals surface area contributed by atoms with Crippen molar-refractivity contribution in [1.82, 2.24) is 5.32 Å². The fraction of sp³-hybridized carbons (Fsp3) is 0.273. The van der Waals surface area contributed by atoms with Crippen molar-refractivity contribution in [1.29, 1.82) is 0 Å². The highest BCUT2D eigenvalue weighted by atomic mass is 19.1. The summed E-state index contributed by atoms with van der Waals surface area (Å²) in [5.74, 6) is -0.162. The van der Waals surface area contributed by atoms with E-state index in [2.05, 4.69) is 11.4 Å². The summed E-state index contributed by atoms with van der Waals surface area (Å²) in [6.07, 6.45) is 2.06. The zero-order chi connectivity index (χ0) is 9.26. The highest BCUT2D eigenvalue weighted by Gasteiger charge is 2.07. The van der Waals surface area contributed by atoms with Crippen molar-refractivity contribution in [2.75, 3.05) is 13.1 Å². The van der Waals surface area contributed by atoms with E-state index in [9.17, 15) is 4.39 Å². The Bertz CT molecular complexity index is 349. The van der Waals surface area contributed by atoms with Crippen LogP contribution >= 0.6 is 0 Å². The van der Waals surface area contributed by atoms with E-state index < -0.39 is 0 Å². The fourth-order valence-electron chi connectivity index (χ4n) is 1.36.